The molecular weight excluding hydrogens is 721 g/mol. The zero-order valence-corrected chi connectivity index (χ0v) is 32.4. The number of furan rings is 1. The van der Waals surface area contributed by atoms with Crippen LogP contribution in [0.15, 0.2) is 211 Å². The Morgan fingerprint density at radius 3 is 1.29 bits per heavy atom. The number of rotatable bonds is 4. The smallest absolute Gasteiger partial charge is 0.180 e. The summed E-state index contributed by atoms with van der Waals surface area (Å²) >= 11 is 0. The Morgan fingerprint density at radius 2 is 0.741 bits per heavy atom. The maximum Gasteiger partial charge on any atom is 0.180 e. The van der Waals surface area contributed by atoms with Gasteiger partial charge in [0.25, 0.3) is 0 Å². The first-order valence-corrected chi connectivity index (χ1v) is 22.0. The molecule has 1 aliphatic heterocycles. The highest BCUT2D eigenvalue weighted by Crippen LogP contribution is 2.37. The fourth-order valence-corrected chi connectivity index (χ4v) is 15.6. The van der Waals surface area contributed by atoms with Crippen molar-refractivity contribution in [1.29, 1.82) is 0 Å². The lowest BCUT2D eigenvalue weighted by Crippen LogP contribution is -2.72. The summed E-state index contributed by atoms with van der Waals surface area (Å²) < 4.78 is 11.5. The third kappa shape index (κ3) is 4.16. The van der Waals surface area contributed by atoms with Crippen LogP contribution >= 0.6 is 0 Å². The fourth-order valence-electron chi connectivity index (χ4n) is 10.4. The predicted molar refractivity (Wildman–Crippen MR) is 245 cm³/mol. The van der Waals surface area contributed by atoms with Crippen LogP contribution in [0.2, 0.25) is 0 Å². The van der Waals surface area contributed by atoms with Crippen LogP contribution in [-0.4, -0.2) is 17.2 Å². The summed E-state index contributed by atoms with van der Waals surface area (Å²) in [5.74, 6) is 0. The highest BCUT2D eigenvalue weighted by Gasteiger charge is 2.48. The Bertz CT molecular complexity index is 3510. The van der Waals surface area contributed by atoms with E-state index < -0.39 is 8.07 Å². The zero-order chi connectivity index (χ0) is 38.0. The van der Waals surface area contributed by atoms with Crippen molar-refractivity contribution in [3.63, 3.8) is 0 Å². The third-order valence-corrected chi connectivity index (χ3v) is 17.6. The van der Waals surface area contributed by atoms with Crippen molar-refractivity contribution in [2.75, 3.05) is 0 Å². The van der Waals surface area contributed by atoms with Gasteiger partial charge in [0.15, 0.2) is 8.07 Å². The third-order valence-electron chi connectivity index (χ3n) is 12.8. The normalized spacial score (nSPS) is 13.3. The minimum absolute atomic E-state index is 0.896. The van der Waals surface area contributed by atoms with E-state index in [0.717, 1.165) is 27.6 Å². The van der Waals surface area contributed by atoms with Crippen LogP contribution in [0.1, 0.15) is 0 Å². The number of hydrogen-bond acceptors (Lipinski definition) is 1. The van der Waals surface area contributed by atoms with Crippen LogP contribution in [-0.2, 0) is 0 Å². The molecule has 0 unspecified atom stereocenters. The molecule has 0 N–H and O–H groups in total. The van der Waals surface area contributed by atoms with E-state index in [1.165, 1.54) is 81.2 Å². The first-order valence-electron chi connectivity index (χ1n) is 20.0. The van der Waals surface area contributed by atoms with Gasteiger partial charge in [-0.3, -0.25) is 0 Å². The molecule has 0 spiro atoms. The molecule has 270 valence electrons. The number of hydrogen-bond donors (Lipinski definition) is 0. The van der Waals surface area contributed by atoms with Gasteiger partial charge in [-0.2, -0.15) is 0 Å². The summed E-state index contributed by atoms with van der Waals surface area (Å²) in [7, 11) is -2.88. The summed E-state index contributed by atoms with van der Waals surface area (Å²) in [5.41, 5.74) is 11.6. The van der Waals surface area contributed by atoms with E-state index in [-0.39, 0.29) is 0 Å². The number of para-hydroxylation sites is 4. The van der Waals surface area contributed by atoms with Gasteiger partial charge in [0, 0.05) is 43.7 Å². The maximum absolute atomic E-state index is 6.65. The summed E-state index contributed by atoms with van der Waals surface area (Å²) in [5, 5.41) is 12.9. The minimum atomic E-state index is -2.88. The monoisotopic (exact) mass is 754 g/mol. The summed E-state index contributed by atoms with van der Waals surface area (Å²) in [6.45, 7) is 0. The van der Waals surface area contributed by atoms with E-state index in [1.54, 1.807) is 0 Å². The van der Waals surface area contributed by atoms with Crippen LogP contribution in [0.3, 0.4) is 0 Å². The fraction of sp³-hybridized carbons (Fsp3) is 0. The van der Waals surface area contributed by atoms with Crippen LogP contribution < -0.4 is 20.7 Å². The molecular formula is C54H34N2OSi. The second kappa shape index (κ2) is 11.8. The van der Waals surface area contributed by atoms with Crippen LogP contribution in [0.25, 0.3) is 88.1 Å². The molecule has 58 heavy (non-hydrogen) atoms. The molecule has 0 bridgehead atoms. The number of aromatic nitrogens is 2. The van der Waals surface area contributed by atoms with Crippen molar-refractivity contribution >= 4 is 94.4 Å². The lowest BCUT2D eigenvalue weighted by atomic mass is 10.1. The summed E-state index contributed by atoms with van der Waals surface area (Å²) in [6.07, 6.45) is 0. The Hall–Kier alpha value is -7.40. The first kappa shape index (κ1) is 31.8. The molecule has 12 aromatic rings. The Kier molecular flexibility index (Phi) is 6.47. The number of fused-ring (bicyclic) bond motifs is 12. The molecule has 3 nitrogen and oxygen atoms in total. The van der Waals surface area contributed by atoms with Crippen LogP contribution in [0.4, 0.5) is 0 Å². The van der Waals surface area contributed by atoms with E-state index in [9.17, 15) is 0 Å². The molecule has 9 aromatic carbocycles. The maximum atomic E-state index is 6.65. The lowest BCUT2D eigenvalue weighted by Gasteiger charge is -2.31. The van der Waals surface area contributed by atoms with Crippen molar-refractivity contribution in [3.8, 4) is 22.5 Å². The van der Waals surface area contributed by atoms with Crippen molar-refractivity contribution in [2.45, 2.75) is 0 Å². The molecule has 13 rings (SSSR count). The van der Waals surface area contributed by atoms with Gasteiger partial charge in [-0.25, -0.2) is 0 Å². The van der Waals surface area contributed by atoms with Crippen molar-refractivity contribution in [2.24, 2.45) is 0 Å². The largest absolute Gasteiger partial charge is 0.456 e. The van der Waals surface area contributed by atoms with Gasteiger partial charge in [-0.05, 0) is 92.5 Å². The van der Waals surface area contributed by atoms with Gasteiger partial charge in [0.2, 0.25) is 0 Å². The van der Waals surface area contributed by atoms with Gasteiger partial charge in [-0.1, -0.05) is 146 Å². The molecule has 0 aliphatic carbocycles. The van der Waals surface area contributed by atoms with Crippen molar-refractivity contribution < 1.29 is 4.42 Å². The van der Waals surface area contributed by atoms with Gasteiger partial charge in [0.05, 0.1) is 22.1 Å². The highest BCUT2D eigenvalue weighted by atomic mass is 28.3. The molecule has 3 aromatic heterocycles. The molecule has 0 fully saturated rings. The van der Waals surface area contributed by atoms with E-state index in [1.807, 2.05) is 0 Å². The van der Waals surface area contributed by atoms with Crippen LogP contribution in [0.5, 0.6) is 0 Å². The Morgan fingerprint density at radius 1 is 0.310 bits per heavy atom. The summed E-state index contributed by atoms with van der Waals surface area (Å²) in [6, 6.07) is 76.4. The van der Waals surface area contributed by atoms with Gasteiger partial charge < -0.3 is 13.6 Å². The number of benzene rings is 9. The van der Waals surface area contributed by atoms with Gasteiger partial charge in [-0.15, -0.1) is 0 Å². The Balaban J connectivity index is 1.09. The van der Waals surface area contributed by atoms with Crippen molar-refractivity contribution in [3.05, 3.63) is 206 Å². The zero-order valence-electron chi connectivity index (χ0n) is 31.4. The molecule has 4 heterocycles. The molecule has 0 saturated carbocycles. The summed E-state index contributed by atoms with van der Waals surface area (Å²) in [4.78, 5) is 0. The average Bonchev–Trinajstić information content (AvgIpc) is 4.02. The predicted octanol–water partition coefficient (Wildman–Crippen LogP) is 11.1. The van der Waals surface area contributed by atoms with Crippen LogP contribution in [0, 0.1) is 0 Å². The molecule has 0 atom stereocenters. The van der Waals surface area contributed by atoms with Crippen molar-refractivity contribution in [1.82, 2.24) is 9.13 Å². The lowest BCUT2D eigenvalue weighted by molar-refractivity contribution is 0.669. The second-order valence-corrected chi connectivity index (χ2v) is 19.4. The highest BCUT2D eigenvalue weighted by molar-refractivity contribution is 7.22. The Labute approximate surface area is 335 Å². The number of nitrogens with zero attached hydrogens (tertiary/aromatic N) is 2. The van der Waals surface area contributed by atoms with E-state index >= 15 is 0 Å². The topological polar surface area (TPSA) is 23.0 Å². The first-order chi connectivity index (χ1) is 28.8. The standard InChI is InChI=1S/C54H34N2OSi/c1-7-22-47-39(16-1)40-17-2-8-23-48(40)55(47)35-14-13-15-37(32-35)58(53-26-11-5-20-43(53)44-21-6-12-27-54(44)58)38-29-31-52-46(34-38)45-33-36(28-30-51(45)57-52)56-49-24-9-3-18-41(49)42-19-4-10-25-50(42)56/h1-34H. The molecule has 1 aliphatic rings. The second-order valence-electron chi connectivity index (χ2n) is 15.6. The quantitative estimate of drug-likeness (QED) is 0.164. The van der Waals surface area contributed by atoms with E-state index in [0.29, 0.717) is 0 Å². The van der Waals surface area contributed by atoms with E-state index in [4.69, 9.17) is 4.42 Å². The molecule has 4 heteroatoms. The molecule has 0 amide bonds. The van der Waals surface area contributed by atoms with E-state index in [2.05, 4.69) is 215 Å². The van der Waals surface area contributed by atoms with Gasteiger partial charge >= 0.3 is 0 Å². The minimum Gasteiger partial charge on any atom is -0.456 e. The van der Waals surface area contributed by atoms with Gasteiger partial charge in [0.1, 0.15) is 11.2 Å². The molecule has 0 radical (unpaired) electrons. The SMILES string of the molecule is c1cc(-n2c3ccccc3c3ccccc32)cc([Si]2(c3ccc4oc5ccc(-n6c7ccccc7c7ccccc76)cc5c4c3)c3ccccc3-c3ccccc32)c1. The molecule has 0 saturated heterocycles. The average molecular weight is 755 g/mol.